The lowest BCUT2D eigenvalue weighted by Gasteiger charge is -2.53. The fourth-order valence-electron chi connectivity index (χ4n) is 6.10. The Morgan fingerprint density at radius 2 is 1.94 bits per heavy atom. The lowest BCUT2D eigenvalue weighted by atomic mass is 9.76. The SMILES string of the molecule is CCn1cc(S(=O)(=O)NC2CCN(C(=O)N3C[C@H]4C[C@H](C3)[C@H]3CCCC(=O)N3C4)CC2)cn1. The van der Waals surface area contributed by atoms with E-state index in [1.165, 1.54) is 12.4 Å². The second-order valence-electron chi connectivity index (χ2n) is 9.97. The van der Waals surface area contributed by atoms with Gasteiger partial charge in [0.15, 0.2) is 0 Å². The normalized spacial score (nSPS) is 28.7. The van der Waals surface area contributed by atoms with Gasteiger partial charge in [-0.2, -0.15) is 5.10 Å². The lowest BCUT2D eigenvalue weighted by Crippen LogP contribution is -2.62. The van der Waals surface area contributed by atoms with E-state index in [2.05, 4.69) is 14.7 Å². The molecule has 0 aliphatic carbocycles. The molecule has 4 fully saturated rings. The fourth-order valence-corrected chi connectivity index (χ4v) is 7.36. The third-order valence-corrected chi connectivity index (χ3v) is 9.26. The van der Waals surface area contributed by atoms with E-state index in [0.29, 0.717) is 57.3 Å². The molecule has 3 amide bonds. The highest BCUT2D eigenvalue weighted by atomic mass is 32.2. The number of likely N-dealkylation sites (tertiary alicyclic amines) is 2. The molecule has 0 radical (unpaired) electrons. The molecule has 0 saturated carbocycles. The zero-order valence-electron chi connectivity index (χ0n) is 19.2. The molecule has 0 unspecified atom stereocenters. The summed E-state index contributed by atoms with van der Waals surface area (Å²) in [5.41, 5.74) is 0. The molecular weight excluding hydrogens is 444 g/mol. The van der Waals surface area contributed by atoms with Crippen LogP contribution in [0.2, 0.25) is 0 Å². The average molecular weight is 479 g/mol. The molecule has 3 atom stereocenters. The lowest BCUT2D eigenvalue weighted by molar-refractivity contribution is -0.144. The van der Waals surface area contributed by atoms with E-state index in [1.54, 1.807) is 4.68 Å². The van der Waals surface area contributed by atoms with Gasteiger partial charge in [-0.15, -0.1) is 0 Å². The number of carbonyl (C=O) groups excluding carboxylic acids is 2. The molecule has 4 aliphatic rings. The minimum absolute atomic E-state index is 0.0609. The summed E-state index contributed by atoms with van der Waals surface area (Å²) < 4.78 is 29.7. The zero-order chi connectivity index (χ0) is 23.2. The number of amides is 3. The number of carbonyl (C=O) groups is 2. The Bertz CT molecular complexity index is 1000. The van der Waals surface area contributed by atoms with Gasteiger partial charge < -0.3 is 14.7 Å². The molecule has 33 heavy (non-hydrogen) atoms. The number of hydrogen-bond donors (Lipinski definition) is 1. The second-order valence-corrected chi connectivity index (χ2v) is 11.7. The molecule has 1 N–H and O–H groups in total. The van der Waals surface area contributed by atoms with Crippen molar-refractivity contribution < 1.29 is 18.0 Å². The van der Waals surface area contributed by atoms with E-state index in [1.807, 2.05) is 16.7 Å². The van der Waals surface area contributed by atoms with Crippen molar-refractivity contribution in [1.29, 1.82) is 0 Å². The molecule has 182 valence electrons. The van der Waals surface area contributed by atoms with Crippen LogP contribution in [0.4, 0.5) is 4.79 Å². The molecular formula is C22H34N6O4S. The predicted octanol–water partition coefficient (Wildman–Crippen LogP) is 1.10. The monoisotopic (exact) mass is 478 g/mol. The minimum Gasteiger partial charge on any atom is -0.339 e. The standard InChI is InChI=1S/C22H34N6O4S/c1-2-27-15-19(11-23-27)33(31,32)24-18-6-8-25(9-7-18)22(30)26-12-16-10-17(14-26)20-4-3-5-21(29)28(20)13-16/h11,15-18,20,24H,2-10,12-14H2,1H3/t16-,17-,20-/m1/s1. The minimum atomic E-state index is -3.61. The molecule has 10 nitrogen and oxygen atoms in total. The van der Waals surface area contributed by atoms with E-state index in [9.17, 15) is 18.0 Å². The largest absolute Gasteiger partial charge is 0.339 e. The number of aromatic nitrogens is 2. The van der Waals surface area contributed by atoms with Gasteiger partial charge in [-0.1, -0.05) is 0 Å². The number of sulfonamides is 1. The summed E-state index contributed by atoms with van der Waals surface area (Å²) in [6.45, 7) is 5.81. The molecule has 4 saturated heterocycles. The van der Waals surface area contributed by atoms with Crippen LogP contribution < -0.4 is 4.72 Å². The Balaban J connectivity index is 1.15. The molecule has 5 heterocycles. The Labute approximate surface area is 195 Å². The summed E-state index contributed by atoms with van der Waals surface area (Å²) in [5.74, 6) is 1.02. The molecule has 1 aromatic rings. The summed E-state index contributed by atoms with van der Waals surface area (Å²) in [5, 5.41) is 4.05. The van der Waals surface area contributed by atoms with Crippen molar-refractivity contribution in [1.82, 2.24) is 29.2 Å². The van der Waals surface area contributed by atoms with Crippen LogP contribution in [0.5, 0.6) is 0 Å². The smallest absolute Gasteiger partial charge is 0.320 e. The number of fused-ring (bicyclic) bond motifs is 4. The number of hydrogen-bond acceptors (Lipinski definition) is 5. The summed E-state index contributed by atoms with van der Waals surface area (Å²) >= 11 is 0. The van der Waals surface area contributed by atoms with Crippen LogP contribution in [0.3, 0.4) is 0 Å². The van der Waals surface area contributed by atoms with Gasteiger partial charge in [-0.25, -0.2) is 17.9 Å². The Kier molecular flexibility index (Phi) is 6.11. The number of rotatable bonds is 4. The molecule has 5 rings (SSSR count). The summed E-state index contributed by atoms with van der Waals surface area (Å²) in [7, 11) is -3.61. The Morgan fingerprint density at radius 1 is 1.15 bits per heavy atom. The van der Waals surface area contributed by atoms with Crippen molar-refractivity contribution >= 4 is 22.0 Å². The Morgan fingerprint density at radius 3 is 2.67 bits per heavy atom. The van der Waals surface area contributed by atoms with Gasteiger partial charge in [-0.05, 0) is 50.9 Å². The highest BCUT2D eigenvalue weighted by Gasteiger charge is 2.45. The first-order valence-electron chi connectivity index (χ1n) is 12.2. The van der Waals surface area contributed by atoms with E-state index in [-0.39, 0.29) is 28.9 Å². The van der Waals surface area contributed by atoms with Crippen LogP contribution in [-0.4, -0.2) is 89.6 Å². The number of urea groups is 1. The van der Waals surface area contributed by atoms with E-state index in [0.717, 1.165) is 32.4 Å². The first-order chi connectivity index (χ1) is 15.8. The number of piperidine rings is 4. The van der Waals surface area contributed by atoms with Crippen molar-refractivity contribution in [2.75, 3.05) is 32.7 Å². The quantitative estimate of drug-likeness (QED) is 0.697. The summed E-state index contributed by atoms with van der Waals surface area (Å²) in [4.78, 5) is 31.7. The molecule has 4 aliphatic heterocycles. The van der Waals surface area contributed by atoms with Crippen LogP contribution in [0.25, 0.3) is 0 Å². The van der Waals surface area contributed by atoms with Crippen LogP contribution in [0, 0.1) is 11.8 Å². The summed E-state index contributed by atoms with van der Waals surface area (Å²) in [6, 6.07) is 0.160. The molecule has 11 heteroatoms. The first-order valence-corrected chi connectivity index (χ1v) is 13.7. The first kappa shape index (κ1) is 22.6. The third-order valence-electron chi connectivity index (χ3n) is 7.78. The number of nitrogens with one attached hydrogen (secondary N) is 1. The fraction of sp³-hybridized carbons (Fsp3) is 0.773. The van der Waals surface area contributed by atoms with E-state index >= 15 is 0 Å². The Hall–Kier alpha value is -2.14. The maximum atomic E-state index is 13.3. The van der Waals surface area contributed by atoms with Crippen molar-refractivity contribution in [3.63, 3.8) is 0 Å². The maximum Gasteiger partial charge on any atom is 0.320 e. The van der Waals surface area contributed by atoms with Crippen LogP contribution in [0.1, 0.15) is 45.4 Å². The van der Waals surface area contributed by atoms with Gasteiger partial charge in [0.25, 0.3) is 0 Å². The third kappa shape index (κ3) is 4.49. The highest BCUT2D eigenvalue weighted by Crippen LogP contribution is 2.38. The van der Waals surface area contributed by atoms with Crippen molar-refractivity contribution in [2.45, 2.75) is 69.0 Å². The predicted molar refractivity (Wildman–Crippen MR) is 121 cm³/mol. The van der Waals surface area contributed by atoms with Gasteiger partial charge in [-0.3, -0.25) is 9.48 Å². The average Bonchev–Trinajstić information content (AvgIpc) is 3.30. The van der Waals surface area contributed by atoms with Crippen molar-refractivity contribution in [3.8, 4) is 0 Å². The molecule has 2 bridgehead atoms. The van der Waals surface area contributed by atoms with Gasteiger partial charge >= 0.3 is 6.03 Å². The molecule has 1 aromatic heterocycles. The topological polar surface area (TPSA) is 108 Å². The molecule has 0 aromatic carbocycles. The number of nitrogens with zero attached hydrogens (tertiary/aromatic N) is 5. The van der Waals surface area contributed by atoms with Gasteiger partial charge in [0.1, 0.15) is 4.90 Å². The van der Waals surface area contributed by atoms with Crippen LogP contribution in [-0.2, 0) is 21.4 Å². The zero-order valence-corrected chi connectivity index (χ0v) is 20.0. The van der Waals surface area contributed by atoms with Crippen molar-refractivity contribution in [2.24, 2.45) is 11.8 Å². The van der Waals surface area contributed by atoms with Gasteiger partial charge in [0.05, 0.1) is 6.20 Å². The van der Waals surface area contributed by atoms with E-state index in [4.69, 9.17) is 0 Å². The summed E-state index contributed by atoms with van der Waals surface area (Å²) in [6.07, 6.45) is 7.88. The second kappa shape index (κ2) is 8.90. The van der Waals surface area contributed by atoms with Gasteiger partial charge in [0.2, 0.25) is 15.9 Å². The van der Waals surface area contributed by atoms with Crippen LogP contribution >= 0.6 is 0 Å². The van der Waals surface area contributed by atoms with Gasteiger partial charge in [0, 0.05) is 64.0 Å². The van der Waals surface area contributed by atoms with Crippen LogP contribution in [0.15, 0.2) is 17.3 Å². The highest BCUT2D eigenvalue weighted by molar-refractivity contribution is 7.89. The van der Waals surface area contributed by atoms with Crippen molar-refractivity contribution in [3.05, 3.63) is 12.4 Å². The number of aryl methyl sites for hydroxylation is 1. The molecule has 0 spiro atoms. The van der Waals surface area contributed by atoms with E-state index < -0.39 is 10.0 Å². The maximum absolute atomic E-state index is 13.3.